The number of nitrogens with one attached hydrogen (secondary N) is 1. The highest BCUT2D eigenvalue weighted by Gasteiger charge is 2.21. The zero-order chi connectivity index (χ0) is 17.6. The first-order valence-corrected chi connectivity index (χ1v) is 8.27. The van der Waals surface area contributed by atoms with Crippen LogP contribution in [0, 0.1) is 6.92 Å². The molecule has 0 saturated carbocycles. The highest BCUT2D eigenvalue weighted by atomic mass is 16.3. The molecule has 4 nitrogen and oxygen atoms in total. The minimum atomic E-state index is -0.210. The normalized spacial score (nSPS) is 11.9. The van der Waals surface area contributed by atoms with Crippen LogP contribution in [0.4, 0.5) is 0 Å². The van der Waals surface area contributed by atoms with Gasteiger partial charge in [-0.15, -0.1) is 0 Å². The molecule has 0 spiro atoms. The predicted molar refractivity (Wildman–Crippen MR) is 96.3 cm³/mol. The molecule has 1 amide bonds. The fourth-order valence-corrected chi connectivity index (χ4v) is 2.90. The second-order valence-corrected chi connectivity index (χ2v) is 6.09. The van der Waals surface area contributed by atoms with Gasteiger partial charge in [0.15, 0.2) is 0 Å². The third-order valence-electron chi connectivity index (χ3n) is 4.19. The molecule has 3 aromatic rings. The van der Waals surface area contributed by atoms with Crippen molar-refractivity contribution >= 4 is 5.91 Å². The van der Waals surface area contributed by atoms with Crippen molar-refractivity contribution in [3.8, 4) is 5.75 Å². The molecule has 4 heteroatoms. The van der Waals surface area contributed by atoms with Gasteiger partial charge in [-0.1, -0.05) is 48.0 Å². The van der Waals surface area contributed by atoms with Gasteiger partial charge in [-0.2, -0.15) is 0 Å². The van der Waals surface area contributed by atoms with Crippen LogP contribution < -0.4 is 5.32 Å². The van der Waals surface area contributed by atoms with E-state index in [-0.39, 0.29) is 24.0 Å². The van der Waals surface area contributed by atoms with Gasteiger partial charge in [0.05, 0.1) is 12.8 Å². The van der Waals surface area contributed by atoms with Gasteiger partial charge in [-0.05, 0) is 30.7 Å². The molecular weight excluding hydrogens is 314 g/mol. The van der Waals surface area contributed by atoms with Gasteiger partial charge in [0, 0.05) is 17.9 Å². The van der Waals surface area contributed by atoms with E-state index < -0.39 is 0 Å². The van der Waals surface area contributed by atoms with Crippen LogP contribution in [0.15, 0.2) is 71.3 Å². The van der Waals surface area contributed by atoms with E-state index in [9.17, 15) is 9.90 Å². The van der Waals surface area contributed by atoms with Crippen molar-refractivity contribution in [2.24, 2.45) is 0 Å². The summed E-state index contributed by atoms with van der Waals surface area (Å²) in [7, 11) is 0. The molecule has 128 valence electrons. The lowest BCUT2D eigenvalue weighted by Gasteiger charge is -2.19. The van der Waals surface area contributed by atoms with Crippen molar-refractivity contribution < 1.29 is 14.3 Å². The molecule has 0 bridgehead atoms. The lowest BCUT2D eigenvalue weighted by atomic mass is 9.87. The van der Waals surface area contributed by atoms with Crippen molar-refractivity contribution in [1.29, 1.82) is 0 Å². The Morgan fingerprint density at radius 2 is 1.92 bits per heavy atom. The average Bonchev–Trinajstić information content (AvgIpc) is 3.14. The number of phenolic OH excluding ortho intramolecular Hbond substituents is 1. The zero-order valence-electron chi connectivity index (χ0n) is 14.1. The highest BCUT2D eigenvalue weighted by molar-refractivity contribution is 5.77. The third kappa shape index (κ3) is 4.29. The number of aromatic hydroxyl groups is 1. The minimum Gasteiger partial charge on any atom is -0.508 e. The quantitative estimate of drug-likeness (QED) is 0.712. The Bertz CT molecular complexity index is 826. The van der Waals surface area contributed by atoms with Gasteiger partial charge in [-0.3, -0.25) is 4.79 Å². The monoisotopic (exact) mass is 335 g/mol. The molecule has 2 aromatic carbocycles. The van der Waals surface area contributed by atoms with E-state index in [1.165, 1.54) is 0 Å². The Hall–Kier alpha value is -3.01. The summed E-state index contributed by atoms with van der Waals surface area (Å²) >= 11 is 0. The number of carbonyl (C=O) groups is 1. The molecule has 0 saturated heterocycles. The number of phenols is 1. The van der Waals surface area contributed by atoms with Crippen LogP contribution in [0.1, 0.15) is 34.8 Å². The maximum absolute atomic E-state index is 12.5. The number of carbonyl (C=O) groups excluding carboxylic acids is 1. The average molecular weight is 335 g/mol. The van der Waals surface area contributed by atoms with Crippen molar-refractivity contribution in [3.05, 3.63) is 89.4 Å². The molecule has 0 fully saturated rings. The van der Waals surface area contributed by atoms with Crippen LogP contribution in [0.5, 0.6) is 5.75 Å². The summed E-state index contributed by atoms with van der Waals surface area (Å²) < 4.78 is 5.24. The van der Waals surface area contributed by atoms with Gasteiger partial charge in [0.25, 0.3) is 0 Å². The van der Waals surface area contributed by atoms with Crippen LogP contribution in [0.25, 0.3) is 0 Å². The number of amides is 1. The smallest absolute Gasteiger partial charge is 0.221 e. The van der Waals surface area contributed by atoms with E-state index in [0.29, 0.717) is 12.3 Å². The molecule has 25 heavy (non-hydrogen) atoms. The minimum absolute atomic E-state index is 0.0915. The van der Waals surface area contributed by atoms with E-state index in [4.69, 9.17) is 4.42 Å². The fraction of sp³-hybridized carbons (Fsp3) is 0.190. The van der Waals surface area contributed by atoms with Gasteiger partial charge in [0.1, 0.15) is 11.5 Å². The van der Waals surface area contributed by atoms with Crippen LogP contribution in [0.3, 0.4) is 0 Å². The fourth-order valence-electron chi connectivity index (χ4n) is 2.90. The van der Waals surface area contributed by atoms with Crippen molar-refractivity contribution in [2.75, 3.05) is 0 Å². The molecule has 1 heterocycles. The first-order chi connectivity index (χ1) is 12.1. The van der Waals surface area contributed by atoms with Gasteiger partial charge in [-0.25, -0.2) is 0 Å². The molecule has 0 unspecified atom stereocenters. The lowest BCUT2D eigenvalue weighted by molar-refractivity contribution is -0.121. The second-order valence-electron chi connectivity index (χ2n) is 6.09. The van der Waals surface area contributed by atoms with Crippen molar-refractivity contribution in [3.63, 3.8) is 0 Å². The Balaban J connectivity index is 1.81. The van der Waals surface area contributed by atoms with Crippen LogP contribution in [0.2, 0.25) is 0 Å². The molecule has 0 aliphatic carbocycles. The van der Waals surface area contributed by atoms with Crippen molar-refractivity contribution in [2.45, 2.75) is 25.8 Å². The summed E-state index contributed by atoms with van der Waals surface area (Å²) in [6.07, 6.45) is 1.83. The summed E-state index contributed by atoms with van der Waals surface area (Å²) in [6.45, 7) is 2.33. The molecular formula is C21H21NO3. The Kier molecular flexibility index (Phi) is 5.19. The Morgan fingerprint density at radius 3 is 2.64 bits per heavy atom. The second kappa shape index (κ2) is 7.71. The largest absolute Gasteiger partial charge is 0.508 e. The van der Waals surface area contributed by atoms with E-state index >= 15 is 0 Å². The molecule has 0 aliphatic rings. The third-order valence-corrected chi connectivity index (χ3v) is 4.19. The molecule has 1 aromatic heterocycles. The summed E-state index contributed by atoms with van der Waals surface area (Å²) in [5, 5.41) is 13.2. The molecule has 2 N–H and O–H groups in total. The Morgan fingerprint density at radius 1 is 1.12 bits per heavy atom. The summed E-state index contributed by atoms with van der Waals surface area (Å²) in [5.74, 6) is 0.616. The van der Waals surface area contributed by atoms with Gasteiger partial charge < -0.3 is 14.8 Å². The number of hydrogen-bond acceptors (Lipinski definition) is 3. The first kappa shape index (κ1) is 16.8. The van der Waals surface area contributed by atoms with Crippen LogP contribution in [-0.4, -0.2) is 11.0 Å². The standard InChI is InChI=1S/C21H21NO3/c1-15-9-10-20(23)19(12-15)18(16-6-3-2-4-7-16)13-21(24)22-14-17-8-5-11-25-17/h2-12,18,23H,13-14H2,1H3,(H,22,24)/t18-/m0/s1. The summed E-state index contributed by atoms with van der Waals surface area (Å²) in [4.78, 5) is 12.5. The molecule has 3 rings (SSSR count). The van der Waals surface area contributed by atoms with Crippen LogP contribution >= 0.6 is 0 Å². The van der Waals surface area contributed by atoms with E-state index in [1.54, 1.807) is 18.4 Å². The molecule has 0 aliphatic heterocycles. The van der Waals surface area contributed by atoms with Gasteiger partial charge >= 0.3 is 0 Å². The lowest BCUT2D eigenvalue weighted by Crippen LogP contribution is -2.24. The SMILES string of the molecule is Cc1ccc(O)c([C@@H](CC(=O)NCc2ccco2)c2ccccc2)c1. The van der Waals surface area contributed by atoms with Gasteiger partial charge in [0.2, 0.25) is 5.91 Å². The number of benzene rings is 2. The van der Waals surface area contributed by atoms with E-state index in [1.807, 2.05) is 55.5 Å². The number of hydrogen-bond donors (Lipinski definition) is 2. The summed E-state index contributed by atoms with van der Waals surface area (Å²) in [5.41, 5.74) is 2.81. The maximum Gasteiger partial charge on any atom is 0.221 e. The van der Waals surface area contributed by atoms with E-state index in [0.717, 1.165) is 16.7 Å². The highest BCUT2D eigenvalue weighted by Crippen LogP contribution is 2.34. The molecule has 1 atom stereocenters. The predicted octanol–water partition coefficient (Wildman–Crippen LogP) is 4.13. The van der Waals surface area contributed by atoms with Crippen LogP contribution in [-0.2, 0) is 11.3 Å². The maximum atomic E-state index is 12.5. The van der Waals surface area contributed by atoms with E-state index in [2.05, 4.69) is 5.32 Å². The number of aryl methyl sites for hydroxylation is 1. The van der Waals surface area contributed by atoms with Crippen molar-refractivity contribution in [1.82, 2.24) is 5.32 Å². The first-order valence-electron chi connectivity index (χ1n) is 8.27. The topological polar surface area (TPSA) is 62.5 Å². The Labute approximate surface area is 147 Å². The zero-order valence-corrected chi connectivity index (χ0v) is 14.1. The number of rotatable bonds is 6. The summed E-state index contributed by atoms with van der Waals surface area (Å²) in [6, 6.07) is 18.9. The molecule has 0 radical (unpaired) electrons. The number of furan rings is 1.